The molecular formula is C12H27N3O2S. The first-order valence-electron chi connectivity index (χ1n) is 6.55. The highest BCUT2D eigenvalue weighted by Gasteiger charge is 2.02. The van der Waals surface area contributed by atoms with Gasteiger partial charge in [-0.3, -0.25) is 4.99 Å². The Kier molecular flexibility index (Phi) is 8.79. The van der Waals surface area contributed by atoms with Crippen LogP contribution in [0, 0.1) is 5.92 Å². The van der Waals surface area contributed by atoms with E-state index in [-0.39, 0.29) is 5.75 Å². The van der Waals surface area contributed by atoms with Gasteiger partial charge >= 0.3 is 0 Å². The van der Waals surface area contributed by atoms with Crippen molar-refractivity contribution in [3.05, 3.63) is 0 Å². The lowest BCUT2D eigenvalue weighted by atomic mass is 10.1. The average Bonchev–Trinajstić information content (AvgIpc) is 2.22. The largest absolute Gasteiger partial charge is 0.357 e. The molecule has 0 bridgehead atoms. The van der Waals surface area contributed by atoms with E-state index in [9.17, 15) is 8.42 Å². The quantitative estimate of drug-likeness (QED) is 0.395. The molecule has 0 aromatic carbocycles. The summed E-state index contributed by atoms with van der Waals surface area (Å²) in [5, 5.41) is 6.13. The van der Waals surface area contributed by atoms with Gasteiger partial charge in [0.15, 0.2) is 5.96 Å². The summed E-state index contributed by atoms with van der Waals surface area (Å²) in [7, 11) is -2.92. The third-order valence-corrected chi connectivity index (χ3v) is 3.26. The summed E-state index contributed by atoms with van der Waals surface area (Å²) in [4.78, 5) is 4.40. The van der Waals surface area contributed by atoms with E-state index in [1.807, 2.05) is 6.92 Å². The van der Waals surface area contributed by atoms with Crippen molar-refractivity contribution in [3.63, 3.8) is 0 Å². The summed E-state index contributed by atoms with van der Waals surface area (Å²) in [6, 6.07) is 0. The van der Waals surface area contributed by atoms with Crippen LogP contribution < -0.4 is 10.6 Å². The predicted molar refractivity (Wildman–Crippen MR) is 77.8 cm³/mol. The summed E-state index contributed by atoms with van der Waals surface area (Å²) < 4.78 is 22.0. The number of sulfone groups is 1. The fourth-order valence-corrected chi connectivity index (χ4v) is 1.86. The van der Waals surface area contributed by atoms with Crippen LogP contribution in [0.5, 0.6) is 0 Å². The Morgan fingerprint density at radius 1 is 1.28 bits per heavy atom. The van der Waals surface area contributed by atoms with Crippen LogP contribution in [-0.2, 0) is 9.84 Å². The van der Waals surface area contributed by atoms with Gasteiger partial charge in [0.1, 0.15) is 9.84 Å². The first-order chi connectivity index (χ1) is 8.35. The predicted octanol–water partition coefficient (Wildman–Crippen LogP) is 1.02. The molecule has 2 N–H and O–H groups in total. The maximum atomic E-state index is 11.0. The molecule has 0 unspecified atom stereocenters. The minimum atomic E-state index is -2.92. The van der Waals surface area contributed by atoms with Crippen molar-refractivity contribution in [2.45, 2.75) is 33.6 Å². The maximum Gasteiger partial charge on any atom is 0.191 e. The van der Waals surface area contributed by atoms with Crippen molar-refractivity contribution in [1.29, 1.82) is 0 Å². The van der Waals surface area contributed by atoms with Gasteiger partial charge < -0.3 is 10.6 Å². The standard InChI is InChI=1S/C12H27N3O2S/c1-5-13-12(14-8-6-7-11(2)3)15-9-10-18(4,16)17/h11H,5-10H2,1-4H3,(H2,13,14,15). The van der Waals surface area contributed by atoms with Crippen LogP contribution in [0.2, 0.25) is 0 Å². The third kappa shape index (κ3) is 11.7. The van der Waals surface area contributed by atoms with Crippen molar-refractivity contribution in [1.82, 2.24) is 10.6 Å². The minimum absolute atomic E-state index is 0.128. The Morgan fingerprint density at radius 3 is 2.44 bits per heavy atom. The zero-order valence-corrected chi connectivity index (χ0v) is 12.8. The van der Waals surface area contributed by atoms with E-state index < -0.39 is 9.84 Å². The molecule has 0 amide bonds. The Balaban J connectivity index is 4.00. The number of guanidine groups is 1. The van der Waals surface area contributed by atoms with Gasteiger partial charge in [-0.1, -0.05) is 13.8 Å². The second-order valence-corrected chi connectivity index (χ2v) is 7.11. The molecular weight excluding hydrogens is 250 g/mol. The van der Waals surface area contributed by atoms with E-state index in [0.29, 0.717) is 18.4 Å². The van der Waals surface area contributed by atoms with Crippen molar-refractivity contribution in [3.8, 4) is 0 Å². The highest BCUT2D eigenvalue weighted by atomic mass is 32.2. The molecule has 5 nitrogen and oxygen atoms in total. The van der Waals surface area contributed by atoms with Gasteiger partial charge in [-0.2, -0.15) is 0 Å². The van der Waals surface area contributed by atoms with Crippen molar-refractivity contribution >= 4 is 15.8 Å². The summed E-state index contributed by atoms with van der Waals surface area (Å²) in [6.07, 6.45) is 3.45. The number of hydrogen-bond acceptors (Lipinski definition) is 3. The van der Waals surface area contributed by atoms with Crippen LogP contribution in [0.1, 0.15) is 33.6 Å². The Morgan fingerprint density at radius 2 is 1.94 bits per heavy atom. The molecule has 0 radical (unpaired) electrons. The van der Waals surface area contributed by atoms with E-state index in [2.05, 4.69) is 29.5 Å². The van der Waals surface area contributed by atoms with Gasteiger partial charge in [-0.05, 0) is 25.7 Å². The normalized spacial score (nSPS) is 12.8. The fourth-order valence-electron chi connectivity index (χ4n) is 1.39. The molecule has 108 valence electrons. The molecule has 0 aliphatic rings. The molecule has 0 saturated carbocycles. The first-order valence-corrected chi connectivity index (χ1v) is 8.61. The third-order valence-electron chi connectivity index (χ3n) is 2.32. The van der Waals surface area contributed by atoms with E-state index >= 15 is 0 Å². The highest BCUT2D eigenvalue weighted by Crippen LogP contribution is 2.02. The van der Waals surface area contributed by atoms with E-state index in [1.54, 1.807) is 0 Å². The molecule has 0 aliphatic carbocycles. The summed E-state index contributed by atoms with van der Waals surface area (Å²) >= 11 is 0. The summed E-state index contributed by atoms with van der Waals surface area (Å²) in [6.45, 7) is 8.32. The highest BCUT2D eigenvalue weighted by molar-refractivity contribution is 7.90. The molecule has 0 rings (SSSR count). The molecule has 0 aromatic rings. The van der Waals surface area contributed by atoms with Crippen LogP contribution >= 0.6 is 0 Å². The van der Waals surface area contributed by atoms with Gasteiger partial charge in [0.25, 0.3) is 0 Å². The number of nitrogens with zero attached hydrogens (tertiary/aromatic N) is 1. The Labute approximate surface area is 111 Å². The van der Waals surface area contributed by atoms with Crippen molar-refractivity contribution < 1.29 is 8.42 Å². The average molecular weight is 277 g/mol. The smallest absolute Gasteiger partial charge is 0.191 e. The number of nitrogens with one attached hydrogen (secondary N) is 2. The lowest BCUT2D eigenvalue weighted by Crippen LogP contribution is -2.39. The fraction of sp³-hybridized carbons (Fsp3) is 0.917. The number of rotatable bonds is 8. The second-order valence-electron chi connectivity index (χ2n) is 4.85. The Bertz CT molecular complexity index is 337. The van der Waals surface area contributed by atoms with Gasteiger partial charge in [0.05, 0.1) is 5.75 Å². The van der Waals surface area contributed by atoms with Crippen LogP contribution in [-0.4, -0.2) is 46.0 Å². The molecule has 0 fully saturated rings. The molecule has 6 heteroatoms. The zero-order chi connectivity index (χ0) is 14.0. The molecule has 0 heterocycles. The second kappa shape index (κ2) is 9.19. The molecule has 18 heavy (non-hydrogen) atoms. The minimum Gasteiger partial charge on any atom is -0.357 e. The van der Waals surface area contributed by atoms with Gasteiger partial charge in [0, 0.05) is 25.9 Å². The number of aliphatic imine (C=N–C) groups is 1. The SMILES string of the molecule is CCNC(=NCCCC(C)C)NCCS(C)(=O)=O. The lowest BCUT2D eigenvalue weighted by molar-refractivity contribution is 0.560. The van der Waals surface area contributed by atoms with Gasteiger partial charge in [0.2, 0.25) is 0 Å². The monoisotopic (exact) mass is 277 g/mol. The van der Waals surface area contributed by atoms with Crippen molar-refractivity contribution in [2.24, 2.45) is 10.9 Å². The topological polar surface area (TPSA) is 70.6 Å². The van der Waals surface area contributed by atoms with E-state index in [4.69, 9.17) is 0 Å². The number of hydrogen-bond donors (Lipinski definition) is 2. The summed E-state index contributed by atoms with van der Waals surface area (Å²) in [5.74, 6) is 1.52. The molecule has 0 aromatic heterocycles. The van der Waals surface area contributed by atoms with E-state index in [0.717, 1.165) is 25.9 Å². The summed E-state index contributed by atoms with van der Waals surface area (Å²) in [5.41, 5.74) is 0. The van der Waals surface area contributed by atoms with Crippen LogP contribution in [0.4, 0.5) is 0 Å². The first kappa shape index (κ1) is 17.2. The maximum absolute atomic E-state index is 11.0. The van der Waals surface area contributed by atoms with E-state index in [1.165, 1.54) is 6.26 Å². The van der Waals surface area contributed by atoms with Gasteiger partial charge in [-0.15, -0.1) is 0 Å². The molecule has 0 aliphatic heterocycles. The van der Waals surface area contributed by atoms with Gasteiger partial charge in [-0.25, -0.2) is 8.42 Å². The molecule has 0 atom stereocenters. The molecule has 0 saturated heterocycles. The van der Waals surface area contributed by atoms with Crippen LogP contribution in [0.15, 0.2) is 4.99 Å². The zero-order valence-electron chi connectivity index (χ0n) is 12.0. The van der Waals surface area contributed by atoms with Crippen LogP contribution in [0.3, 0.4) is 0 Å². The Hall–Kier alpha value is -0.780. The van der Waals surface area contributed by atoms with Crippen molar-refractivity contribution in [2.75, 3.05) is 31.6 Å². The lowest BCUT2D eigenvalue weighted by Gasteiger charge is -2.11. The van der Waals surface area contributed by atoms with Crippen LogP contribution in [0.25, 0.3) is 0 Å². The molecule has 0 spiro atoms.